The fraction of sp³-hybridized carbons (Fsp3) is 0.227. The minimum absolute atomic E-state index is 0. The van der Waals surface area contributed by atoms with Crippen molar-refractivity contribution in [3.05, 3.63) is 60.2 Å². The molecular formula is C22H26Cl2N8O2. The first kappa shape index (κ1) is 26.6. The second-order valence-corrected chi connectivity index (χ2v) is 7.47. The van der Waals surface area contributed by atoms with Crippen molar-refractivity contribution in [2.24, 2.45) is 10.2 Å². The number of aromatic nitrogens is 2. The van der Waals surface area contributed by atoms with Crippen LogP contribution in [0.2, 0.25) is 0 Å². The number of anilines is 4. The second kappa shape index (κ2) is 13.2. The molecule has 0 saturated carbocycles. The summed E-state index contributed by atoms with van der Waals surface area (Å²) in [7, 11) is 0. The number of hydrogen-bond donors (Lipinski definition) is 4. The lowest BCUT2D eigenvalue weighted by Crippen LogP contribution is -2.23. The van der Waals surface area contributed by atoms with Crippen molar-refractivity contribution >= 4 is 64.6 Å². The third-order valence-corrected chi connectivity index (χ3v) is 4.67. The Morgan fingerprint density at radius 1 is 1.03 bits per heavy atom. The second-order valence-electron chi connectivity index (χ2n) is 6.86. The Balaban J connectivity index is 0.00000408. The van der Waals surface area contributed by atoms with E-state index in [1.165, 1.54) is 0 Å². The first-order valence-corrected chi connectivity index (χ1v) is 10.7. The molecule has 3 aromatic rings. The maximum absolute atomic E-state index is 11.8. The summed E-state index contributed by atoms with van der Waals surface area (Å²) in [5, 5.41) is 14.4. The molecule has 0 fully saturated rings. The van der Waals surface area contributed by atoms with Crippen molar-refractivity contribution in [3.8, 4) is 0 Å². The van der Waals surface area contributed by atoms with Crippen LogP contribution in [0.15, 0.2) is 64.8 Å². The van der Waals surface area contributed by atoms with Crippen LogP contribution in [0, 0.1) is 0 Å². The zero-order valence-electron chi connectivity index (χ0n) is 18.4. The number of nitrogens with one attached hydrogen (secondary N) is 2. The first-order valence-electron chi connectivity index (χ1n) is 10.2. The molecule has 180 valence electrons. The lowest BCUT2D eigenvalue weighted by molar-refractivity contribution is 0.0526. The molecule has 0 saturated heterocycles. The first-order chi connectivity index (χ1) is 16.0. The lowest BCUT2D eigenvalue weighted by atomic mass is 10.2. The molecule has 0 amide bonds. The fourth-order valence-electron chi connectivity index (χ4n) is 2.76. The molecule has 10 nitrogen and oxygen atoms in total. The largest absolute Gasteiger partial charge is 0.462 e. The number of para-hydroxylation sites is 1. The average molecular weight is 505 g/mol. The number of ether oxygens (including phenoxy) is 1. The number of carbonyl (C=O) groups excluding carboxylic acids is 1. The number of halogens is 2. The summed E-state index contributed by atoms with van der Waals surface area (Å²) < 4.78 is 4.97. The van der Waals surface area contributed by atoms with Crippen LogP contribution in [0.1, 0.15) is 17.3 Å². The monoisotopic (exact) mass is 504 g/mol. The summed E-state index contributed by atoms with van der Waals surface area (Å²) in [4.78, 5) is 19.9. The Labute approximate surface area is 208 Å². The highest BCUT2D eigenvalue weighted by atomic mass is 35.5. The molecule has 1 atom stereocenters. The van der Waals surface area contributed by atoms with Crippen LogP contribution < -0.4 is 22.1 Å². The molecular weight excluding hydrogens is 479 g/mol. The zero-order chi connectivity index (χ0) is 23.6. The molecule has 0 aliphatic carbocycles. The zero-order valence-corrected chi connectivity index (χ0v) is 20.0. The number of nitrogens with zero attached hydrogens (tertiary/aromatic N) is 4. The van der Waals surface area contributed by atoms with E-state index in [1.807, 2.05) is 30.3 Å². The minimum Gasteiger partial charge on any atom is -0.462 e. The molecule has 2 aromatic carbocycles. The number of carbonyl (C=O) groups is 1. The van der Waals surface area contributed by atoms with Gasteiger partial charge in [-0.05, 0) is 43.3 Å². The summed E-state index contributed by atoms with van der Waals surface area (Å²) in [6.07, 6.45) is 0. The summed E-state index contributed by atoms with van der Waals surface area (Å²) in [6, 6.07) is 16.2. The highest BCUT2D eigenvalue weighted by molar-refractivity contribution is 6.21. The molecule has 1 unspecified atom stereocenters. The van der Waals surface area contributed by atoms with Gasteiger partial charge in [-0.3, -0.25) is 0 Å². The van der Waals surface area contributed by atoms with Crippen LogP contribution in [0.3, 0.4) is 0 Å². The van der Waals surface area contributed by atoms with Crippen LogP contribution in [-0.4, -0.2) is 41.0 Å². The Hall–Kier alpha value is -3.63. The summed E-state index contributed by atoms with van der Waals surface area (Å²) in [5.74, 6) is -0.00927. The van der Waals surface area contributed by atoms with Crippen LogP contribution in [0.25, 0.3) is 0 Å². The van der Waals surface area contributed by atoms with E-state index in [0.29, 0.717) is 36.8 Å². The van der Waals surface area contributed by atoms with E-state index < -0.39 is 5.97 Å². The highest BCUT2D eigenvalue weighted by Gasteiger charge is 2.13. The van der Waals surface area contributed by atoms with Crippen LogP contribution in [-0.2, 0) is 4.74 Å². The van der Waals surface area contributed by atoms with Crippen molar-refractivity contribution in [2.75, 3.05) is 41.8 Å². The van der Waals surface area contributed by atoms with Gasteiger partial charge >= 0.3 is 5.97 Å². The molecule has 34 heavy (non-hydrogen) atoms. The standard InChI is InChI=1S/C22H25ClN8O2.ClH/c1-2-33-21(32)14-8-10-17(11-9-14)30-31-18-19(24)28-22(25)29-20(18)27-13-15(23)12-26-16-6-4-3-5-7-16;/h3-11,15,26H,2,12-13H2,1H3,(H5,24,25,27,28,29);1H. The van der Waals surface area contributed by atoms with Gasteiger partial charge in [0, 0.05) is 18.8 Å². The molecule has 1 heterocycles. The lowest BCUT2D eigenvalue weighted by Gasteiger charge is -2.14. The Morgan fingerprint density at radius 2 is 1.71 bits per heavy atom. The van der Waals surface area contributed by atoms with Crippen molar-refractivity contribution in [2.45, 2.75) is 12.3 Å². The Morgan fingerprint density at radius 3 is 2.38 bits per heavy atom. The summed E-state index contributed by atoms with van der Waals surface area (Å²) >= 11 is 6.43. The van der Waals surface area contributed by atoms with E-state index in [0.717, 1.165) is 5.69 Å². The predicted octanol–water partition coefficient (Wildman–Crippen LogP) is 4.79. The van der Waals surface area contributed by atoms with E-state index in [9.17, 15) is 4.79 Å². The van der Waals surface area contributed by atoms with Gasteiger partial charge in [0.1, 0.15) is 0 Å². The van der Waals surface area contributed by atoms with Crippen LogP contribution >= 0.6 is 24.0 Å². The van der Waals surface area contributed by atoms with Crippen LogP contribution in [0.4, 0.5) is 34.6 Å². The molecule has 1 aromatic heterocycles. The number of esters is 1. The average Bonchev–Trinajstić information content (AvgIpc) is 2.82. The number of nitrogen functional groups attached to an aromatic ring is 2. The van der Waals surface area contributed by atoms with E-state index in [4.69, 9.17) is 27.8 Å². The fourth-order valence-corrected chi connectivity index (χ4v) is 2.92. The number of azo groups is 1. The highest BCUT2D eigenvalue weighted by Crippen LogP contribution is 2.31. The Bertz CT molecular complexity index is 1100. The molecule has 0 aliphatic heterocycles. The number of hydrogen-bond acceptors (Lipinski definition) is 10. The molecule has 12 heteroatoms. The predicted molar refractivity (Wildman–Crippen MR) is 138 cm³/mol. The van der Waals surface area contributed by atoms with Gasteiger partial charge in [-0.15, -0.1) is 29.1 Å². The van der Waals surface area contributed by atoms with Crippen molar-refractivity contribution in [3.63, 3.8) is 0 Å². The smallest absolute Gasteiger partial charge is 0.338 e. The Kier molecular flexibility index (Phi) is 10.3. The normalized spacial score (nSPS) is 11.5. The topological polar surface area (TPSA) is 153 Å². The van der Waals surface area contributed by atoms with Crippen molar-refractivity contribution in [1.29, 1.82) is 0 Å². The summed E-state index contributed by atoms with van der Waals surface area (Å²) in [5.41, 5.74) is 13.9. The third kappa shape index (κ3) is 7.75. The molecule has 0 aliphatic rings. The van der Waals surface area contributed by atoms with E-state index >= 15 is 0 Å². The van der Waals surface area contributed by atoms with Gasteiger partial charge in [-0.2, -0.15) is 15.1 Å². The van der Waals surface area contributed by atoms with Crippen LogP contribution in [0.5, 0.6) is 0 Å². The number of benzene rings is 2. The van der Waals surface area contributed by atoms with Gasteiger partial charge in [-0.25, -0.2) is 4.79 Å². The molecule has 0 bridgehead atoms. The number of rotatable bonds is 10. The molecule has 3 rings (SSSR count). The number of nitrogens with two attached hydrogens (primary N) is 2. The van der Waals surface area contributed by atoms with Gasteiger partial charge in [0.15, 0.2) is 17.3 Å². The van der Waals surface area contributed by atoms with Crippen molar-refractivity contribution in [1.82, 2.24) is 9.97 Å². The van der Waals surface area contributed by atoms with Gasteiger partial charge in [0.2, 0.25) is 5.95 Å². The maximum atomic E-state index is 11.8. The molecule has 0 spiro atoms. The maximum Gasteiger partial charge on any atom is 0.338 e. The van der Waals surface area contributed by atoms with Gasteiger partial charge < -0.3 is 26.8 Å². The van der Waals surface area contributed by atoms with E-state index in [1.54, 1.807) is 31.2 Å². The quantitative estimate of drug-likeness (QED) is 0.174. The third-order valence-electron chi connectivity index (χ3n) is 4.36. The molecule has 0 radical (unpaired) electrons. The van der Waals surface area contributed by atoms with Gasteiger partial charge in [0.05, 0.1) is 23.2 Å². The van der Waals surface area contributed by atoms with Crippen molar-refractivity contribution < 1.29 is 9.53 Å². The minimum atomic E-state index is -0.402. The number of alkyl halides is 1. The van der Waals surface area contributed by atoms with E-state index in [2.05, 4.69) is 30.8 Å². The van der Waals surface area contributed by atoms with Gasteiger partial charge in [-0.1, -0.05) is 18.2 Å². The summed E-state index contributed by atoms with van der Waals surface area (Å²) in [6.45, 7) is 2.95. The van der Waals surface area contributed by atoms with Gasteiger partial charge in [0.25, 0.3) is 0 Å². The SMILES string of the molecule is CCOC(=O)c1ccc(N=Nc2c(N)nc(N)nc2NCC(Cl)CNc2ccccc2)cc1.Cl. The van der Waals surface area contributed by atoms with E-state index in [-0.39, 0.29) is 35.2 Å². The molecule has 6 N–H and O–H groups in total.